The van der Waals surface area contributed by atoms with Crippen LogP contribution in [0.15, 0.2) is 78.0 Å². The summed E-state index contributed by atoms with van der Waals surface area (Å²) in [5.74, 6) is 0.139. The van der Waals surface area contributed by atoms with Crippen molar-refractivity contribution in [3.8, 4) is 5.75 Å². The Bertz CT molecular complexity index is 1340. The molecule has 4 aromatic rings. The fourth-order valence-electron chi connectivity index (χ4n) is 3.30. The maximum atomic E-state index is 13.3. The number of aromatic nitrogens is 2. The predicted octanol–water partition coefficient (Wildman–Crippen LogP) is 4.49. The summed E-state index contributed by atoms with van der Waals surface area (Å²) < 4.78 is 31.8. The van der Waals surface area contributed by atoms with Crippen molar-refractivity contribution in [2.75, 3.05) is 17.3 Å². The van der Waals surface area contributed by atoms with E-state index in [2.05, 4.69) is 9.97 Å². The normalized spacial score (nSPS) is 11.4. The van der Waals surface area contributed by atoms with Gasteiger partial charge in [-0.15, -0.1) is 0 Å². The molecule has 0 aliphatic heterocycles. The molecule has 0 saturated carbocycles. The molecule has 2 aromatic carbocycles. The van der Waals surface area contributed by atoms with Crippen LogP contribution < -0.4 is 9.64 Å². The number of carbonyl (C=O) groups excluding carboxylic acids is 1. The lowest BCUT2D eigenvalue weighted by Crippen LogP contribution is -2.31. The third-order valence-electron chi connectivity index (χ3n) is 4.94. The van der Waals surface area contributed by atoms with Crippen LogP contribution in [0.2, 0.25) is 0 Å². The number of amides is 1. The van der Waals surface area contributed by atoms with Crippen LogP contribution >= 0.6 is 11.3 Å². The molecule has 0 bridgehead atoms. The van der Waals surface area contributed by atoms with E-state index in [1.165, 1.54) is 28.4 Å². The van der Waals surface area contributed by atoms with Crippen LogP contribution in [-0.2, 0) is 21.2 Å². The number of fused-ring (bicyclic) bond motifs is 1. The van der Waals surface area contributed by atoms with Crippen molar-refractivity contribution in [3.63, 3.8) is 0 Å². The Morgan fingerprint density at radius 2 is 1.91 bits per heavy atom. The number of rotatable bonds is 9. The SMILES string of the molecule is CCOc1ccc2nc(N(Cc3cccnc3)C(=O)CCS(=O)(=O)c3ccccc3)sc2c1. The molecule has 4 rings (SSSR count). The summed E-state index contributed by atoms with van der Waals surface area (Å²) in [4.78, 5) is 23.7. The first-order valence-corrected chi connectivity index (χ1v) is 12.9. The third-order valence-corrected chi connectivity index (χ3v) is 7.72. The van der Waals surface area contributed by atoms with Crippen LogP contribution in [0, 0.1) is 0 Å². The Morgan fingerprint density at radius 3 is 2.64 bits per heavy atom. The first kappa shape index (κ1) is 22.9. The average molecular weight is 482 g/mol. The molecule has 1 amide bonds. The van der Waals surface area contributed by atoms with Crippen molar-refractivity contribution in [2.24, 2.45) is 0 Å². The van der Waals surface area contributed by atoms with Crippen LogP contribution in [-0.4, -0.2) is 36.7 Å². The van der Waals surface area contributed by atoms with Gasteiger partial charge in [-0.25, -0.2) is 13.4 Å². The lowest BCUT2D eigenvalue weighted by Gasteiger charge is -2.20. The van der Waals surface area contributed by atoms with Crippen LogP contribution in [0.5, 0.6) is 5.75 Å². The monoisotopic (exact) mass is 481 g/mol. The molecule has 2 aromatic heterocycles. The van der Waals surface area contributed by atoms with E-state index in [-0.39, 0.29) is 29.5 Å². The van der Waals surface area contributed by atoms with E-state index in [1.807, 2.05) is 31.2 Å². The van der Waals surface area contributed by atoms with Gasteiger partial charge in [0.05, 0.1) is 34.0 Å². The van der Waals surface area contributed by atoms with Crippen LogP contribution in [0.3, 0.4) is 0 Å². The van der Waals surface area contributed by atoms with Crippen molar-refractivity contribution in [1.29, 1.82) is 0 Å². The smallest absolute Gasteiger partial charge is 0.230 e. The zero-order chi connectivity index (χ0) is 23.3. The Kier molecular flexibility index (Phi) is 7.00. The molecule has 0 unspecified atom stereocenters. The largest absolute Gasteiger partial charge is 0.494 e. The average Bonchev–Trinajstić information content (AvgIpc) is 3.25. The fraction of sp³-hybridized carbons (Fsp3) is 0.208. The van der Waals surface area contributed by atoms with Crippen molar-refractivity contribution in [1.82, 2.24) is 9.97 Å². The van der Waals surface area contributed by atoms with Gasteiger partial charge in [-0.3, -0.25) is 14.7 Å². The minimum absolute atomic E-state index is 0.155. The molecular formula is C24H23N3O4S2. The second-order valence-electron chi connectivity index (χ2n) is 7.28. The van der Waals surface area contributed by atoms with E-state index < -0.39 is 9.84 Å². The standard InChI is InChI=1S/C24H23N3O4S2/c1-2-31-19-10-11-21-22(15-19)32-24(26-21)27(17-18-7-6-13-25-16-18)23(28)12-14-33(29,30)20-8-4-3-5-9-20/h3-11,13,15-16H,2,12,14,17H2,1H3. The van der Waals surface area contributed by atoms with E-state index in [9.17, 15) is 13.2 Å². The molecule has 33 heavy (non-hydrogen) atoms. The molecule has 0 atom stereocenters. The summed E-state index contributed by atoms with van der Waals surface area (Å²) >= 11 is 1.37. The molecule has 0 aliphatic rings. The predicted molar refractivity (Wildman–Crippen MR) is 129 cm³/mol. The lowest BCUT2D eigenvalue weighted by atomic mass is 10.2. The van der Waals surface area contributed by atoms with E-state index in [0.717, 1.165) is 21.5 Å². The lowest BCUT2D eigenvalue weighted by molar-refractivity contribution is -0.118. The van der Waals surface area contributed by atoms with Gasteiger partial charge in [-0.2, -0.15) is 0 Å². The summed E-state index contributed by atoms with van der Waals surface area (Å²) in [7, 11) is -3.57. The number of ether oxygens (including phenoxy) is 1. The van der Waals surface area contributed by atoms with Crippen LogP contribution in [0.1, 0.15) is 18.9 Å². The molecule has 170 valence electrons. The summed E-state index contributed by atoms with van der Waals surface area (Å²) in [5.41, 5.74) is 1.57. The first-order chi connectivity index (χ1) is 16.0. The van der Waals surface area contributed by atoms with Gasteiger partial charge in [0.1, 0.15) is 5.75 Å². The quantitative estimate of drug-likeness (QED) is 0.350. The highest BCUT2D eigenvalue weighted by Crippen LogP contribution is 2.32. The van der Waals surface area contributed by atoms with Crippen molar-refractivity contribution < 1.29 is 17.9 Å². The number of thiazole rings is 1. The Labute approximate surface area is 196 Å². The van der Waals surface area contributed by atoms with Gasteiger partial charge in [0.25, 0.3) is 0 Å². The van der Waals surface area contributed by atoms with Crippen molar-refractivity contribution in [3.05, 3.63) is 78.6 Å². The number of benzene rings is 2. The zero-order valence-electron chi connectivity index (χ0n) is 18.0. The maximum absolute atomic E-state index is 13.3. The summed E-state index contributed by atoms with van der Waals surface area (Å²) in [6.45, 7) is 2.72. The van der Waals surface area contributed by atoms with E-state index in [0.29, 0.717) is 11.7 Å². The van der Waals surface area contributed by atoms with Crippen molar-refractivity contribution in [2.45, 2.75) is 24.8 Å². The second-order valence-corrected chi connectivity index (χ2v) is 10.4. The molecule has 0 saturated heterocycles. The summed E-state index contributed by atoms with van der Waals surface area (Å²) in [6.07, 6.45) is 3.19. The Hall–Kier alpha value is -3.30. The molecule has 2 heterocycles. The molecule has 0 fully saturated rings. The maximum Gasteiger partial charge on any atom is 0.230 e. The number of hydrogen-bond acceptors (Lipinski definition) is 7. The summed E-state index contributed by atoms with van der Waals surface area (Å²) in [6, 6.07) is 17.4. The second kappa shape index (κ2) is 10.1. The molecular weight excluding hydrogens is 458 g/mol. The Morgan fingerprint density at radius 1 is 1.09 bits per heavy atom. The minimum atomic E-state index is -3.57. The van der Waals surface area contributed by atoms with E-state index >= 15 is 0 Å². The minimum Gasteiger partial charge on any atom is -0.494 e. The summed E-state index contributed by atoms with van der Waals surface area (Å²) in [5, 5.41) is 0.504. The number of anilines is 1. The number of carbonyl (C=O) groups is 1. The van der Waals surface area contributed by atoms with E-state index in [1.54, 1.807) is 36.7 Å². The van der Waals surface area contributed by atoms with Gasteiger partial charge in [0.15, 0.2) is 15.0 Å². The number of hydrogen-bond donors (Lipinski definition) is 0. The van der Waals surface area contributed by atoms with Crippen LogP contribution in [0.25, 0.3) is 10.2 Å². The molecule has 0 radical (unpaired) electrons. The highest BCUT2D eigenvalue weighted by Gasteiger charge is 2.23. The molecule has 0 N–H and O–H groups in total. The van der Waals surface area contributed by atoms with E-state index in [4.69, 9.17) is 4.74 Å². The van der Waals surface area contributed by atoms with Gasteiger partial charge in [-0.1, -0.05) is 35.6 Å². The van der Waals surface area contributed by atoms with Gasteiger partial charge < -0.3 is 4.74 Å². The van der Waals surface area contributed by atoms with Crippen LogP contribution in [0.4, 0.5) is 5.13 Å². The third kappa shape index (κ3) is 5.55. The molecule has 0 aliphatic carbocycles. The number of sulfone groups is 1. The molecule has 9 heteroatoms. The van der Waals surface area contributed by atoms with Gasteiger partial charge in [0, 0.05) is 18.8 Å². The van der Waals surface area contributed by atoms with Gasteiger partial charge in [-0.05, 0) is 48.9 Å². The highest BCUT2D eigenvalue weighted by atomic mass is 32.2. The Balaban J connectivity index is 1.61. The van der Waals surface area contributed by atoms with Crippen molar-refractivity contribution >= 4 is 42.4 Å². The number of pyridine rings is 1. The molecule has 7 nitrogen and oxygen atoms in total. The van der Waals surface area contributed by atoms with Gasteiger partial charge >= 0.3 is 0 Å². The van der Waals surface area contributed by atoms with Gasteiger partial charge in [0.2, 0.25) is 5.91 Å². The number of nitrogens with zero attached hydrogens (tertiary/aromatic N) is 3. The fourth-order valence-corrected chi connectivity index (χ4v) is 5.57. The first-order valence-electron chi connectivity index (χ1n) is 10.5. The highest BCUT2D eigenvalue weighted by molar-refractivity contribution is 7.91. The zero-order valence-corrected chi connectivity index (χ0v) is 19.7. The molecule has 0 spiro atoms. The topological polar surface area (TPSA) is 89.5 Å².